The van der Waals surface area contributed by atoms with Gasteiger partial charge in [0.1, 0.15) is 0 Å². The Hall–Kier alpha value is -3.56. The minimum atomic E-state index is -1.10. The van der Waals surface area contributed by atoms with E-state index in [2.05, 4.69) is 15.9 Å². The molecule has 0 spiro atoms. The van der Waals surface area contributed by atoms with Crippen LogP contribution in [0.4, 0.5) is 5.69 Å². The lowest BCUT2D eigenvalue weighted by molar-refractivity contribution is -0.139. The van der Waals surface area contributed by atoms with E-state index < -0.39 is 12.6 Å². The second-order valence-electron chi connectivity index (χ2n) is 7.43. The number of thioether (sulfide) groups is 1. The molecule has 1 aliphatic rings. The van der Waals surface area contributed by atoms with Crippen LogP contribution in [-0.2, 0) is 16.1 Å². The van der Waals surface area contributed by atoms with Crippen LogP contribution >= 0.6 is 27.7 Å². The van der Waals surface area contributed by atoms with E-state index in [1.807, 2.05) is 60.7 Å². The maximum absolute atomic E-state index is 13.4. The molecule has 0 atom stereocenters. The highest BCUT2D eigenvalue weighted by atomic mass is 79.9. The summed E-state index contributed by atoms with van der Waals surface area (Å²) in [7, 11) is 1.47. The van der Waals surface area contributed by atoms with E-state index in [4.69, 9.17) is 19.6 Å². The van der Waals surface area contributed by atoms with Crippen molar-refractivity contribution >= 4 is 56.5 Å². The van der Waals surface area contributed by atoms with E-state index in [1.165, 1.54) is 18.9 Å². The number of carboxylic acids is 1. The van der Waals surface area contributed by atoms with Crippen LogP contribution in [0.15, 0.2) is 87.2 Å². The van der Waals surface area contributed by atoms with Gasteiger partial charge >= 0.3 is 5.97 Å². The number of ether oxygens (including phenoxy) is 2. The van der Waals surface area contributed by atoms with Crippen LogP contribution in [0.3, 0.4) is 0 Å². The number of aliphatic carboxylic acids is 1. The fourth-order valence-corrected chi connectivity index (χ4v) is 4.93. The molecule has 0 aromatic heterocycles. The minimum absolute atomic E-state index is 0.158. The third-order valence-electron chi connectivity index (χ3n) is 4.94. The van der Waals surface area contributed by atoms with Gasteiger partial charge in [0.25, 0.3) is 5.91 Å². The van der Waals surface area contributed by atoms with Gasteiger partial charge in [0, 0.05) is 0 Å². The molecule has 0 aliphatic carbocycles. The average molecular weight is 553 g/mol. The van der Waals surface area contributed by atoms with Gasteiger partial charge in [-0.2, -0.15) is 0 Å². The molecule has 3 aromatic carbocycles. The molecule has 0 unspecified atom stereocenters. The summed E-state index contributed by atoms with van der Waals surface area (Å²) in [5, 5.41) is 9.50. The van der Waals surface area contributed by atoms with Gasteiger partial charge in [-0.25, -0.2) is 9.79 Å². The van der Waals surface area contributed by atoms with Gasteiger partial charge in [-0.05, 0) is 69.2 Å². The number of methoxy groups -OCH3 is 1. The standard InChI is InChI=1S/C26H21BrN2O5S/c1-33-21-13-18(12-20(27)24(21)34-16-23(30)31)14-22-25(32)29(15-17-8-4-2-5-9-17)26(35-22)28-19-10-6-3-7-11-19/h2-14H,15-16H2,1H3,(H,30,31)/b22-14-,28-26?. The molecule has 0 radical (unpaired) electrons. The lowest BCUT2D eigenvalue weighted by atomic mass is 10.1. The summed E-state index contributed by atoms with van der Waals surface area (Å²) in [6, 6.07) is 22.7. The van der Waals surface area contributed by atoms with Crippen molar-refractivity contribution in [2.24, 2.45) is 4.99 Å². The number of aliphatic imine (C=N–C) groups is 1. The largest absolute Gasteiger partial charge is 0.493 e. The van der Waals surface area contributed by atoms with Crippen LogP contribution in [0.1, 0.15) is 11.1 Å². The quantitative estimate of drug-likeness (QED) is 0.359. The van der Waals surface area contributed by atoms with Crippen molar-refractivity contribution in [2.45, 2.75) is 6.54 Å². The van der Waals surface area contributed by atoms with Gasteiger partial charge < -0.3 is 14.6 Å². The van der Waals surface area contributed by atoms with Crippen molar-refractivity contribution in [2.75, 3.05) is 13.7 Å². The fraction of sp³-hybridized carbons (Fsp3) is 0.115. The number of nitrogens with zero attached hydrogens (tertiary/aromatic N) is 2. The molecule has 1 N–H and O–H groups in total. The average Bonchev–Trinajstić information content (AvgIpc) is 3.13. The maximum atomic E-state index is 13.4. The predicted molar refractivity (Wildman–Crippen MR) is 140 cm³/mol. The van der Waals surface area contributed by atoms with Crippen LogP contribution < -0.4 is 9.47 Å². The summed E-state index contributed by atoms with van der Waals surface area (Å²) >= 11 is 4.71. The highest BCUT2D eigenvalue weighted by Gasteiger charge is 2.33. The van der Waals surface area contributed by atoms with E-state index in [-0.39, 0.29) is 11.7 Å². The molecule has 0 bridgehead atoms. The number of hydrogen-bond donors (Lipinski definition) is 1. The Kier molecular flexibility index (Phi) is 7.89. The second-order valence-corrected chi connectivity index (χ2v) is 9.30. The Labute approximate surface area is 215 Å². The molecule has 9 heteroatoms. The SMILES string of the molecule is COc1cc(/C=C2\SC(=Nc3ccccc3)N(Cc3ccccc3)C2=O)cc(Br)c1OCC(=O)O. The smallest absolute Gasteiger partial charge is 0.341 e. The predicted octanol–water partition coefficient (Wildman–Crippen LogP) is 5.73. The molecular weight excluding hydrogens is 532 g/mol. The number of benzene rings is 3. The molecular formula is C26H21BrN2O5S. The maximum Gasteiger partial charge on any atom is 0.341 e. The van der Waals surface area contributed by atoms with Crippen LogP contribution in [0, 0.1) is 0 Å². The zero-order valence-electron chi connectivity index (χ0n) is 18.7. The summed E-state index contributed by atoms with van der Waals surface area (Å²) in [6.45, 7) is -0.109. The molecule has 1 fully saturated rings. The number of para-hydroxylation sites is 1. The molecule has 3 aromatic rings. The van der Waals surface area contributed by atoms with Crippen molar-refractivity contribution in [3.05, 3.63) is 93.3 Å². The van der Waals surface area contributed by atoms with Crippen LogP contribution in [-0.4, -0.2) is 40.8 Å². The number of hydrogen-bond acceptors (Lipinski definition) is 6. The first-order chi connectivity index (χ1) is 16.9. The Balaban J connectivity index is 1.68. The van der Waals surface area contributed by atoms with Gasteiger partial charge in [-0.3, -0.25) is 9.69 Å². The topological polar surface area (TPSA) is 88.4 Å². The third kappa shape index (κ3) is 6.12. The van der Waals surface area contributed by atoms with E-state index in [0.29, 0.717) is 32.4 Å². The van der Waals surface area contributed by atoms with Crippen molar-refractivity contribution in [3.8, 4) is 11.5 Å². The Morgan fingerprint density at radius 1 is 1.11 bits per heavy atom. The number of rotatable bonds is 8. The van der Waals surface area contributed by atoms with Crippen LogP contribution in [0.25, 0.3) is 6.08 Å². The number of halogens is 1. The normalized spacial score (nSPS) is 15.6. The van der Waals surface area contributed by atoms with Crippen molar-refractivity contribution in [1.82, 2.24) is 4.90 Å². The summed E-state index contributed by atoms with van der Waals surface area (Å²) in [6.07, 6.45) is 1.76. The van der Waals surface area contributed by atoms with Gasteiger partial charge in [-0.15, -0.1) is 0 Å². The highest BCUT2D eigenvalue weighted by Crippen LogP contribution is 2.40. The molecule has 35 heavy (non-hydrogen) atoms. The Morgan fingerprint density at radius 3 is 2.46 bits per heavy atom. The van der Waals surface area contributed by atoms with Crippen LogP contribution in [0.5, 0.6) is 11.5 Å². The van der Waals surface area contributed by atoms with E-state index in [1.54, 1.807) is 23.1 Å². The van der Waals surface area contributed by atoms with Crippen LogP contribution in [0.2, 0.25) is 0 Å². The van der Waals surface area contributed by atoms with Gasteiger partial charge in [-0.1, -0.05) is 48.5 Å². The Bertz CT molecular complexity index is 1300. The number of carboxylic acid groups (broad SMARTS) is 1. The first-order valence-electron chi connectivity index (χ1n) is 10.6. The zero-order chi connectivity index (χ0) is 24.8. The number of amides is 1. The Morgan fingerprint density at radius 2 is 1.80 bits per heavy atom. The minimum Gasteiger partial charge on any atom is -0.493 e. The summed E-state index contributed by atoms with van der Waals surface area (Å²) in [5.41, 5.74) is 2.44. The summed E-state index contributed by atoms with van der Waals surface area (Å²) in [4.78, 5) is 31.2. The molecule has 0 saturated carbocycles. The number of amidine groups is 1. The molecule has 178 valence electrons. The molecule has 1 amide bonds. The summed E-state index contributed by atoms with van der Waals surface area (Å²) in [5.74, 6) is -0.626. The fourth-order valence-electron chi connectivity index (χ4n) is 3.36. The molecule has 1 heterocycles. The first kappa shape index (κ1) is 24.6. The number of carbonyl (C=O) groups is 2. The monoisotopic (exact) mass is 552 g/mol. The second kappa shape index (κ2) is 11.2. The van der Waals surface area contributed by atoms with Crippen molar-refractivity contribution in [3.63, 3.8) is 0 Å². The van der Waals surface area contributed by atoms with Gasteiger partial charge in [0.15, 0.2) is 23.3 Å². The van der Waals surface area contributed by atoms with Gasteiger partial charge in [0.05, 0.1) is 28.7 Å². The van der Waals surface area contributed by atoms with E-state index in [9.17, 15) is 9.59 Å². The number of carbonyl (C=O) groups excluding carboxylic acids is 1. The van der Waals surface area contributed by atoms with Gasteiger partial charge in [0.2, 0.25) is 0 Å². The third-order valence-corrected chi connectivity index (χ3v) is 6.54. The highest BCUT2D eigenvalue weighted by molar-refractivity contribution is 9.10. The molecule has 4 rings (SSSR count). The van der Waals surface area contributed by atoms with E-state index >= 15 is 0 Å². The lowest BCUT2D eigenvalue weighted by Gasteiger charge is -2.15. The van der Waals surface area contributed by atoms with Crippen molar-refractivity contribution in [1.29, 1.82) is 0 Å². The van der Waals surface area contributed by atoms with E-state index in [0.717, 1.165) is 11.3 Å². The molecule has 1 saturated heterocycles. The van der Waals surface area contributed by atoms with Crippen molar-refractivity contribution < 1.29 is 24.2 Å². The molecule has 1 aliphatic heterocycles. The first-order valence-corrected chi connectivity index (χ1v) is 12.2. The zero-order valence-corrected chi connectivity index (χ0v) is 21.1. The summed E-state index contributed by atoms with van der Waals surface area (Å²) < 4.78 is 11.2. The lowest BCUT2D eigenvalue weighted by Crippen LogP contribution is -2.28. The molecule has 7 nitrogen and oxygen atoms in total.